The number of carbonyl (C=O) groups excluding carboxylic acids is 2. The number of aliphatic imine (C=N–C) groups is 2. The highest BCUT2D eigenvalue weighted by Crippen LogP contribution is 2.24. The molecule has 2 aliphatic heterocycles. The molecule has 2 heterocycles. The van der Waals surface area contributed by atoms with Crippen molar-refractivity contribution in [1.29, 1.82) is 10.5 Å². The van der Waals surface area contributed by atoms with Gasteiger partial charge in [0.15, 0.2) is 22.9 Å². The molecule has 220 valence electrons. The van der Waals surface area contributed by atoms with Gasteiger partial charge >= 0.3 is 11.9 Å². The minimum atomic E-state index is -1.30. The molecule has 0 radical (unpaired) electrons. The van der Waals surface area contributed by atoms with Crippen molar-refractivity contribution in [2.24, 2.45) is 20.2 Å². The number of hydrogen-bond donors (Lipinski definition) is 0. The maximum atomic E-state index is 12.1. The summed E-state index contributed by atoms with van der Waals surface area (Å²) in [6.45, 7) is 6.50. The minimum absolute atomic E-state index is 0.00442. The summed E-state index contributed by atoms with van der Waals surface area (Å²) < 4.78 is 21.2. The number of azo groups is 1. The standard InChI is InChI=1S/C28H42N6O6/c1-27(21-29,13-11-25(35)39-17-7-3-5-9-23-31-15-19-37-23)33-34-28(2,22-30)14-12-26(36)40-18-8-4-6-10-24-32-16-20-38-24/h3-20H2,1-2H3. The van der Waals surface area contributed by atoms with Crippen LogP contribution in [0.25, 0.3) is 0 Å². The molecule has 2 atom stereocenters. The van der Waals surface area contributed by atoms with Crippen LogP contribution < -0.4 is 0 Å². The van der Waals surface area contributed by atoms with Crippen molar-refractivity contribution in [3.05, 3.63) is 0 Å². The molecule has 2 aliphatic rings. The van der Waals surface area contributed by atoms with Crippen molar-refractivity contribution in [2.75, 3.05) is 39.5 Å². The summed E-state index contributed by atoms with van der Waals surface area (Å²) in [5, 5.41) is 27.4. The molecule has 0 spiro atoms. The molecule has 0 saturated carbocycles. The first kappa shape index (κ1) is 32.7. The number of nitrogens with zero attached hydrogens (tertiary/aromatic N) is 6. The third kappa shape index (κ3) is 13.5. The second kappa shape index (κ2) is 17.9. The Labute approximate surface area is 236 Å². The number of rotatable bonds is 20. The van der Waals surface area contributed by atoms with Crippen molar-refractivity contribution in [3.8, 4) is 12.1 Å². The molecule has 0 N–H and O–H groups in total. The average Bonchev–Trinajstić information content (AvgIpc) is 3.68. The Balaban J connectivity index is 1.61. The minimum Gasteiger partial charge on any atom is -0.479 e. The molecule has 0 aliphatic carbocycles. The van der Waals surface area contributed by atoms with E-state index < -0.39 is 23.0 Å². The van der Waals surface area contributed by atoms with E-state index in [0.717, 1.165) is 76.3 Å². The van der Waals surface area contributed by atoms with E-state index in [9.17, 15) is 20.1 Å². The fourth-order valence-corrected chi connectivity index (χ4v) is 3.86. The van der Waals surface area contributed by atoms with E-state index in [4.69, 9.17) is 18.9 Å². The molecule has 12 nitrogen and oxygen atoms in total. The van der Waals surface area contributed by atoms with Crippen LogP contribution in [0.2, 0.25) is 0 Å². The highest BCUT2D eigenvalue weighted by atomic mass is 16.5. The third-order valence-electron chi connectivity index (χ3n) is 6.50. The van der Waals surface area contributed by atoms with Crippen LogP contribution in [-0.2, 0) is 28.5 Å². The number of nitriles is 2. The first-order valence-electron chi connectivity index (χ1n) is 14.2. The van der Waals surface area contributed by atoms with Gasteiger partial charge in [0.1, 0.15) is 13.2 Å². The van der Waals surface area contributed by atoms with E-state index in [1.807, 2.05) is 0 Å². The number of hydrogen-bond acceptors (Lipinski definition) is 12. The van der Waals surface area contributed by atoms with Crippen LogP contribution in [0.1, 0.15) is 90.9 Å². The van der Waals surface area contributed by atoms with Crippen molar-refractivity contribution in [2.45, 2.75) is 102 Å². The van der Waals surface area contributed by atoms with E-state index in [1.165, 1.54) is 0 Å². The molecule has 0 aromatic carbocycles. The Hall–Kier alpha value is -3.54. The lowest BCUT2D eigenvalue weighted by atomic mass is 9.97. The molecule has 0 fully saturated rings. The van der Waals surface area contributed by atoms with E-state index in [1.54, 1.807) is 13.8 Å². The second-order valence-corrected chi connectivity index (χ2v) is 10.3. The van der Waals surface area contributed by atoms with Crippen LogP contribution in [-0.4, -0.2) is 74.3 Å². The quantitative estimate of drug-likeness (QED) is 0.118. The zero-order valence-electron chi connectivity index (χ0n) is 23.9. The van der Waals surface area contributed by atoms with Gasteiger partial charge in [-0.3, -0.25) is 19.6 Å². The molecule has 0 bridgehead atoms. The van der Waals surface area contributed by atoms with Gasteiger partial charge in [0.2, 0.25) is 0 Å². The molecule has 0 aromatic heterocycles. The van der Waals surface area contributed by atoms with Gasteiger partial charge in [0.25, 0.3) is 0 Å². The van der Waals surface area contributed by atoms with Crippen molar-refractivity contribution in [1.82, 2.24) is 0 Å². The van der Waals surface area contributed by atoms with Crippen molar-refractivity contribution < 1.29 is 28.5 Å². The SMILES string of the molecule is CC(C#N)(CCC(=O)OCCCCCC1=NCCO1)N=NC(C)(C#N)CCC(=O)OCCCCCC1=NCCO1. The molecule has 12 heteroatoms. The first-order chi connectivity index (χ1) is 19.3. The van der Waals surface area contributed by atoms with Crippen LogP contribution in [0.5, 0.6) is 0 Å². The molecule has 2 unspecified atom stereocenters. The maximum Gasteiger partial charge on any atom is 0.305 e. The van der Waals surface area contributed by atoms with Gasteiger partial charge in [-0.05, 0) is 65.2 Å². The topological polar surface area (TPSA) is 168 Å². The third-order valence-corrected chi connectivity index (χ3v) is 6.50. The highest BCUT2D eigenvalue weighted by molar-refractivity contribution is 5.77. The summed E-state index contributed by atoms with van der Waals surface area (Å²) in [7, 11) is 0. The molecule has 0 saturated heterocycles. The van der Waals surface area contributed by atoms with Gasteiger partial charge in [0, 0.05) is 25.7 Å². The number of esters is 2. The van der Waals surface area contributed by atoms with E-state index in [0.29, 0.717) is 26.4 Å². The predicted octanol–water partition coefficient (Wildman–Crippen LogP) is 4.63. The Bertz CT molecular complexity index is 922. The summed E-state index contributed by atoms with van der Waals surface area (Å²) in [5.74, 6) is 0.786. The van der Waals surface area contributed by atoms with Crippen LogP contribution in [0.3, 0.4) is 0 Å². The predicted molar refractivity (Wildman–Crippen MR) is 147 cm³/mol. The van der Waals surface area contributed by atoms with E-state index in [2.05, 4.69) is 32.4 Å². The average molecular weight is 559 g/mol. The van der Waals surface area contributed by atoms with Crippen molar-refractivity contribution in [3.63, 3.8) is 0 Å². The number of unbranched alkanes of at least 4 members (excludes halogenated alkanes) is 4. The molecule has 2 rings (SSSR count). The van der Waals surface area contributed by atoms with Gasteiger partial charge in [-0.1, -0.05) is 0 Å². The molecular weight excluding hydrogens is 516 g/mol. The van der Waals surface area contributed by atoms with Gasteiger partial charge in [0.05, 0.1) is 38.4 Å². The van der Waals surface area contributed by atoms with E-state index >= 15 is 0 Å². The van der Waals surface area contributed by atoms with E-state index in [-0.39, 0.29) is 25.7 Å². The summed E-state index contributed by atoms with van der Waals surface area (Å²) in [6, 6.07) is 4.12. The van der Waals surface area contributed by atoms with Gasteiger partial charge in [-0.25, -0.2) is 0 Å². The maximum absolute atomic E-state index is 12.1. The normalized spacial score (nSPS) is 17.4. The largest absolute Gasteiger partial charge is 0.479 e. The Morgan fingerprint density at radius 3 is 1.55 bits per heavy atom. The Morgan fingerprint density at radius 2 is 1.20 bits per heavy atom. The summed E-state index contributed by atoms with van der Waals surface area (Å²) in [6.07, 6.45) is 6.93. The molecule has 0 amide bonds. The summed E-state index contributed by atoms with van der Waals surface area (Å²) >= 11 is 0. The lowest BCUT2D eigenvalue weighted by Crippen LogP contribution is -2.25. The lowest BCUT2D eigenvalue weighted by Gasteiger charge is -2.19. The lowest BCUT2D eigenvalue weighted by molar-refractivity contribution is -0.145. The van der Waals surface area contributed by atoms with Gasteiger partial charge < -0.3 is 18.9 Å². The van der Waals surface area contributed by atoms with Crippen LogP contribution in [0.4, 0.5) is 0 Å². The van der Waals surface area contributed by atoms with Crippen LogP contribution in [0.15, 0.2) is 20.2 Å². The monoisotopic (exact) mass is 558 g/mol. The van der Waals surface area contributed by atoms with Gasteiger partial charge in [-0.15, -0.1) is 0 Å². The summed E-state index contributed by atoms with van der Waals surface area (Å²) in [5.41, 5.74) is -2.59. The first-order valence-corrected chi connectivity index (χ1v) is 14.2. The van der Waals surface area contributed by atoms with Crippen LogP contribution in [0, 0.1) is 22.7 Å². The fraction of sp³-hybridized carbons (Fsp3) is 0.786. The number of carbonyl (C=O) groups is 2. The van der Waals surface area contributed by atoms with Crippen molar-refractivity contribution >= 4 is 23.7 Å². The zero-order valence-corrected chi connectivity index (χ0v) is 23.9. The Morgan fingerprint density at radius 1 is 0.775 bits per heavy atom. The van der Waals surface area contributed by atoms with Crippen LogP contribution >= 0.6 is 0 Å². The fourth-order valence-electron chi connectivity index (χ4n) is 3.86. The van der Waals surface area contributed by atoms with Gasteiger partial charge in [-0.2, -0.15) is 20.8 Å². The molecule has 0 aromatic rings. The Kier molecular flexibility index (Phi) is 14.6. The smallest absolute Gasteiger partial charge is 0.305 e. The highest BCUT2D eigenvalue weighted by Gasteiger charge is 2.30. The number of ether oxygens (including phenoxy) is 4. The summed E-state index contributed by atoms with van der Waals surface area (Å²) in [4.78, 5) is 32.7. The second-order valence-electron chi connectivity index (χ2n) is 10.3. The molecular formula is C28H42N6O6. The zero-order chi connectivity index (χ0) is 29.1. The molecule has 40 heavy (non-hydrogen) atoms.